The van der Waals surface area contributed by atoms with Crippen molar-refractivity contribution in [1.29, 1.82) is 0 Å². The largest absolute Gasteiger partial charge is 0.336 e. The Balaban J connectivity index is 1.38. The molecule has 31 heavy (non-hydrogen) atoms. The molecule has 4 rings (SSSR count). The van der Waals surface area contributed by atoms with Gasteiger partial charge >= 0.3 is 0 Å². The van der Waals surface area contributed by atoms with Gasteiger partial charge in [0.2, 0.25) is 0 Å². The van der Waals surface area contributed by atoms with Gasteiger partial charge in [-0.25, -0.2) is 0 Å². The zero-order valence-corrected chi connectivity index (χ0v) is 18.5. The van der Waals surface area contributed by atoms with Crippen LogP contribution in [0.4, 0.5) is 0 Å². The highest BCUT2D eigenvalue weighted by atomic mass is 16.2. The number of hydrogen-bond donors (Lipinski definition) is 0. The molecular formula is C26H29N3O2. The number of piperazine rings is 1. The molecule has 0 atom stereocenters. The monoisotopic (exact) mass is 415 g/mol. The van der Waals surface area contributed by atoms with Crippen LogP contribution in [-0.2, 0) is 0 Å². The molecule has 3 aromatic rings. The van der Waals surface area contributed by atoms with Crippen molar-refractivity contribution in [3.63, 3.8) is 0 Å². The fourth-order valence-electron chi connectivity index (χ4n) is 4.30. The smallest absolute Gasteiger partial charge is 0.253 e. The summed E-state index contributed by atoms with van der Waals surface area (Å²) >= 11 is 0. The second-order valence-corrected chi connectivity index (χ2v) is 8.31. The molecule has 160 valence electrons. The lowest BCUT2D eigenvalue weighted by Crippen LogP contribution is -2.49. The number of rotatable bonds is 5. The maximum absolute atomic E-state index is 13.1. The fourth-order valence-corrected chi connectivity index (χ4v) is 4.30. The van der Waals surface area contributed by atoms with E-state index in [9.17, 15) is 9.59 Å². The Labute approximate surface area is 183 Å². The lowest BCUT2D eigenvalue weighted by molar-refractivity contribution is 0.0624. The zero-order valence-electron chi connectivity index (χ0n) is 18.5. The number of para-hydroxylation sites is 1. The van der Waals surface area contributed by atoms with Gasteiger partial charge in [0.1, 0.15) is 0 Å². The van der Waals surface area contributed by atoms with E-state index in [1.807, 2.05) is 74.2 Å². The van der Waals surface area contributed by atoms with Crippen molar-refractivity contribution in [3.8, 4) is 5.69 Å². The van der Waals surface area contributed by atoms with E-state index in [0.29, 0.717) is 32.7 Å². The standard InChI is InChI=1S/C26H29N3O2/c1-19-9-11-22(12-10-19)26(31)28-15-13-27(14-16-28)18-25(30)24-17-20(2)29(21(24)3)23-7-5-4-6-8-23/h4-12,17H,13-16,18H2,1-3H3. The molecule has 1 amide bonds. The second-order valence-electron chi connectivity index (χ2n) is 8.31. The number of ketones is 1. The number of aryl methyl sites for hydroxylation is 2. The van der Waals surface area contributed by atoms with Crippen molar-refractivity contribution in [1.82, 2.24) is 14.4 Å². The lowest BCUT2D eigenvalue weighted by atomic mass is 10.1. The molecule has 0 aliphatic carbocycles. The van der Waals surface area contributed by atoms with Crippen molar-refractivity contribution >= 4 is 11.7 Å². The van der Waals surface area contributed by atoms with Crippen LogP contribution < -0.4 is 0 Å². The number of aromatic nitrogens is 1. The van der Waals surface area contributed by atoms with Gasteiger partial charge in [0, 0.05) is 54.4 Å². The summed E-state index contributed by atoms with van der Waals surface area (Å²) in [4.78, 5) is 29.8. The zero-order chi connectivity index (χ0) is 22.0. The van der Waals surface area contributed by atoms with E-state index in [-0.39, 0.29) is 11.7 Å². The highest BCUT2D eigenvalue weighted by Gasteiger charge is 2.25. The Kier molecular flexibility index (Phi) is 6.05. The number of nitrogens with zero attached hydrogens (tertiary/aromatic N) is 3. The van der Waals surface area contributed by atoms with Crippen LogP contribution in [0.15, 0.2) is 60.7 Å². The maximum atomic E-state index is 13.1. The minimum absolute atomic E-state index is 0.0670. The second kappa shape index (κ2) is 8.90. The van der Waals surface area contributed by atoms with Gasteiger partial charge < -0.3 is 9.47 Å². The number of hydrogen-bond acceptors (Lipinski definition) is 3. The van der Waals surface area contributed by atoms with E-state index < -0.39 is 0 Å². The van der Waals surface area contributed by atoms with Gasteiger partial charge in [0.15, 0.2) is 5.78 Å². The molecule has 0 spiro atoms. The molecule has 2 heterocycles. The average Bonchev–Trinajstić information content (AvgIpc) is 3.09. The van der Waals surface area contributed by atoms with Gasteiger partial charge in [-0.2, -0.15) is 0 Å². The molecule has 1 aliphatic rings. The van der Waals surface area contributed by atoms with Crippen molar-refractivity contribution in [3.05, 3.63) is 88.7 Å². The highest BCUT2D eigenvalue weighted by molar-refractivity contribution is 5.99. The van der Waals surface area contributed by atoms with Crippen molar-refractivity contribution in [2.75, 3.05) is 32.7 Å². The lowest BCUT2D eigenvalue weighted by Gasteiger charge is -2.34. The molecule has 5 heteroatoms. The predicted molar refractivity (Wildman–Crippen MR) is 123 cm³/mol. The van der Waals surface area contributed by atoms with Gasteiger partial charge in [-0.3, -0.25) is 14.5 Å². The third-order valence-corrected chi connectivity index (χ3v) is 6.07. The normalized spacial score (nSPS) is 14.6. The predicted octanol–water partition coefficient (Wildman–Crippen LogP) is 4.04. The summed E-state index contributed by atoms with van der Waals surface area (Å²) in [5.74, 6) is 0.200. The summed E-state index contributed by atoms with van der Waals surface area (Å²) in [5, 5.41) is 0. The van der Waals surface area contributed by atoms with E-state index in [1.165, 1.54) is 0 Å². The van der Waals surface area contributed by atoms with Crippen molar-refractivity contribution in [2.24, 2.45) is 0 Å². The number of Topliss-reactive ketones (excluding diaryl/α,β-unsaturated/α-hetero) is 1. The van der Waals surface area contributed by atoms with E-state index in [4.69, 9.17) is 0 Å². The van der Waals surface area contributed by atoms with Gasteiger partial charge in [-0.05, 0) is 51.1 Å². The third-order valence-electron chi connectivity index (χ3n) is 6.07. The topological polar surface area (TPSA) is 45.6 Å². The van der Waals surface area contributed by atoms with Crippen LogP contribution in [0.5, 0.6) is 0 Å². The Bertz CT molecular complexity index is 1080. The number of benzene rings is 2. The van der Waals surface area contributed by atoms with E-state index >= 15 is 0 Å². The van der Waals surface area contributed by atoms with Crippen LogP contribution in [-0.4, -0.2) is 58.8 Å². The molecule has 0 bridgehead atoms. The molecule has 0 unspecified atom stereocenters. The molecule has 0 N–H and O–H groups in total. The first-order valence-electron chi connectivity index (χ1n) is 10.8. The summed E-state index contributed by atoms with van der Waals surface area (Å²) < 4.78 is 2.13. The fraction of sp³-hybridized carbons (Fsp3) is 0.308. The summed E-state index contributed by atoms with van der Waals surface area (Å²) in [6, 6.07) is 19.8. The van der Waals surface area contributed by atoms with Crippen LogP contribution in [0.3, 0.4) is 0 Å². The summed E-state index contributed by atoms with van der Waals surface area (Å²) in [7, 11) is 0. The molecular weight excluding hydrogens is 386 g/mol. The minimum Gasteiger partial charge on any atom is -0.336 e. The van der Waals surface area contributed by atoms with Gasteiger partial charge in [0.25, 0.3) is 5.91 Å². The Morgan fingerprint density at radius 1 is 0.839 bits per heavy atom. The summed E-state index contributed by atoms with van der Waals surface area (Å²) in [6.45, 7) is 9.14. The number of carbonyl (C=O) groups excluding carboxylic acids is 2. The Morgan fingerprint density at radius 3 is 2.13 bits per heavy atom. The maximum Gasteiger partial charge on any atom is 0.253 e. The van der Waals surface area contributed by atoms with Crippen molar-refractivity contribution in [2.45, 2.75) is 20.8 Å². The van der Waals surface area contributed by atoms with Gasteiger partial charge in [-0.15, -0.1) is 0 Å². The van der Waals surface area contributed by atoms with Crippen LogP contribution in [0, 0.1) is 20.8 Å². The minimum atomic E-state index is 0.0670. The molecule has 1 aromatic heterocycles. The van der Waals surface area contributed by atoms with E-state index in [0.717, 1.165) is 33.8 Å². The quantitative estimate of drug-likeness (QED) is 0.591. The summed E-state index contributed by atoms with van der Waals surface area (Å²) in [5.41, 5.74) is 5.75. The average molecular weight is 416 g/mol. The SMILES string of the molecule is Cc1ccc(C(=O)N2CCN(CC(=O)c3cc(C)n(-c4ccccc4)c3C)CC2)cc1. The molecule has 0 saturated carbocycles. The van der Waals surface area contributed by atoms with Gasteiger partial charge in [0.05, 0.1) is 6.54 Å². The van der Waals surface area contributed by atoms with Gasteiger partial charge in [-0.1, -0.05) is 35.9 Å². The Morgan fingerprint density at radius 2 is 1.48 bits per heavy atom. The van der Waals surface area contributed by atoms with E-state index in [1.54, 1.807) is 0 Å². The van der Waals surface area contributed by atoms with Crippen LogP contribution in [0.1, 0.15) is 37.7 Å². The highest BCUT2D eigenvalue weighted by Crippen LogP contribution is 2.21. The van der Waals surface area contributed by atoms with Crippen molar-refractivity contribution < 1.29 is 9.59 Å². The van der Waals surface area contributed by atoms with Crippen LogP contribution in [0.25, 0.3) is 5.69 Å². The molecule has 5 nitrogen and oxygen atoms in total. The molecule has 1 fully saturated rings. The molecule has 0 radical (unpaired) electrons. The number of carbonyl (C=O) groups is 2. The number of amides is 1. The molecule has 1 aliphatic heterocycles. The van der Waals surface area contributed by atoms with Crippen LogP contribution >= 0.6 is 0 Å². The van der Waals surface area contributed by atoms with Crippen LogP contribution in [0.2, 0.25) is 0 Å². The molecule has 2 aromatic carbocycles. The Hall–Kier alpha value is -3.18. The summed E-state index contributed by atoms with van der Waals surface area (Å²) in [6.07, 6.45) is 0. The van der Waals surface area contributed by atoms with E-state index in [2.05, 4.69) is 21.6 Å². The third kappa shape index (κ3) is 4.47. The first kappa shape index (κ1) is 21.1. The first-order valence-corrected chi connectivity index (χ1v) is 10.8. The first-order chi connectivity index (χ1) is 14.9. The molecule has 1 saturated heterocycles.